The fourth-order valence-corrected chi connectivity index (χ4v) is 3.63. The van der Waals surface area contributed by atoms with Crippen LogP contribution in [0.4, 0.5) is 10.1 Å². The maximum absolute atomic E-state index is 13.7. The highest BCUT2D eigenvalue weighted by molar-refractivity contribution is 7.07. The molecule has 0 aliphatic carbocycles. The summed E-state index contributed by atoms with van der Waals surface area (Å²) in [6.45, 7) is 2.43. The number of nitrogens with zero attached hydrogens (tertiary/aromatic N) is 3. The normalized spacial score (nSPS) is 14.5. The van der Waals surface area contributed by atoms with Gasteiger partial charge in [0.15, 0.2) is 0 Å². The largest absolute Gasteiger partial charge is 0.367 e. The minimum Gasteiger partial charge on any atom is -0.367 e. The highest BCUT2D eigenvalue weighted by atomic mass is 32.1. The molecule has 1 amide bonds. The van der Waals surface area contributed by atoms with Gasteiger partial charge in [-0.05, 0) is 40.9 Å². The number of benzene rings is 1. The molecule has 0 atom stereocenters. The predicted molar refractivity (Wildman–Crippen MR) is 92.5 cm³/mol. The van der Waals surface area contributed by atoms with Crippen LogP contribution in [0.5, 0.6) is 0 Å². The highest BCUT2D eigenvalue weighted by Crippen LogP contribution is 2.24. The predicted octanol–water partition coefficient (Wildman–Crippen LogP) is 3.04. The smallest absolute Gasteiger partial charge is 0.223 e. The summed E-state index contributed by atoms with van der Waals surface area (Å²) in [5, 5.41) is 13.2. The van der Waals surface area contributed by atoms with Gasteiger partial charge in [-0.1, -0.05) is 6.07 Å². The van der Waals surface area contributed by atoms with E-state index in [0.717, 1.165) is 6.42 Å². The molecule has 3 rings (SSSR count). The number of hydrogen-bond donors (Lipinski definition) is 0. The summed E-state index contributed by atoms with van der Waals surface area (Å²) in [7, 11) is 0. The molecule has 0 saturated carbocycles. The number of nitriles is 1. The number of aryl methyl sites for hydroxylation is 1. The maximum Gasteiger partial charge on any atom is 0.223 e. The Morgan fingerprint density at radius 1 is 1.25 bits per heavy atom. The molecule has 1 aromatic carbocycles. The summed E-state index contributed by atoms with van der Waals surface area (Å²) in [6.07, 6.45) is 1.28. The van der Waals surface area contributed by atoms with Gasteiger partial charge in [0.2, 0.25) is 5.91 Å². The Labute approximate surface area is 144 Å². The minimum atomic E-state index is -0.496. The van der Waals surface area contributed by atoms with Gasteiger partial charge in [-0.2, -0.15) is 16.6 Å². The summed E-state index contributed by atoms with van der Waals surface area (Å²) in [5.74, 6) is -0.343. The van der Waals surface area contributed by atoms with Crippen molar-refractivity contribution in [3.63, 3.8) is 0 Å². The van der Waals surface area contributed by atoms with E-state index in [4.69, 9.17) is 5.26 Å². The van der Waals surface area contributed by atoms with Crippen LogP contribution >= 0.6 is 11.3 Å². The van der Waals surface area contributed by atoms with Crippen LogP contribution in [-0.4, -0.2) is 37.0 Å². The monoisotopic (exact) mass is 343 g/mol. The van der Waals surface area contributed by atoms with Crippen LogP contribution in [0.15, 0.2) is 35.0 Å². The van der Waals surface area contributed by atoms with Crippen LogP contribution in [0.1, 0.15) is 17.5 Å². The third-order valence-electron chi connectivity index (χ3n) is 4.28. The van der Waals surface area contributed by atoms with Gasteiger partial charge in [0.05, 0.1) is 5.69 Å². The lowest BCUT2D eigenvalue weighted by Crippen LogP contribution is -2.49. The van der Waals surface area contributed by atoms with Crippen molar-refractivity contribution < 1.29 is 9.18 Å². The number of thiophene rings is 1. The van der Waals surface area contributed by atoms with Crippen molar-refractivity contribution in [2.75, 3.05) is 31.1 Å². The molecular formula is C18H18FN3OS. The molecule has 2 heterocycles. The lowest BCUT2D eigenvalue weighted by molar-refractivity contribution is -0.131. The van der Waals surface area contributed by atoms with Crippen molar-refractivity contribution in [1.82, 2.24) is 4.90 Å². The average molecular weight is 343 g/mol. The molecule has 0 unspecified atom stereocenters. The Bertz CT molecular complexity index is 746. The second kappa shape index (κ2) is 7.45. The molecule has 0 radical (unpaired) electrons. The van der Waals surface area contributed by atoms with Crippen molar-refractivity contribution in [2.24, 2.45) is 0 Å². The third-order valence-corrected chi connectivity index (χ3v) is 5.02. The number of amides is 1. The van der Waals surface area contributed by atoms with Crippen molar-refractivity contribution >= 4 is 22.9 Å². The van der Waals surface area contributed by atoms with E-state index in [9.17, 15) is 9.18 Å². The average Bonchev–Trinajstić information content (AvgIpc) is 3.13. The van der Waals surface area contributed by atoms with Gasteiger partial charge in [-0.3, -0.25) is 4.79 Å². The van der Waals surface area contributed by atoms with Crippen LogP contribution in [0, 0.1) is 17.1 Å². The topological polar surface area (TPSA) is 47.3 Å². The van der Waals surface area contributed by atoms with Crippen molar-refractivity contribution in [3.8, 4) is 6.07 Å². The van der Waals surface area contributed by atoms with E-state index in [1.54, 1.807) is 23.5 Å². The van der Waals surface area contributed by atoms with Gasteiger partial charge in [0, 0.05) is 32.6 Å². The summed E-state index contributed by atoms with van der Waals surface area (Å²) < 4.78 is 13.7. The van der Waals surface area contributed by atoms with Gasteiger partial charge >= 0.3 is 0 Å². The second-order valence-corrected chi connectivity index (χ2v) is 6.53. The second-order valence-electron chi connectivity index (χ2n) is 5.75. The zero-order chi connectivity index (χ0) is 16.9. The molecule has 1 aromatic heterocycles. The molecule has 0 N–H and O–H groups in total. The standard InChI is InChI=1S/C18H18FN3OS/c19-16-2-1-3-17(15(16)12-20)21-7-9-22(10-8-21)18(23)5-4-14-6-11-24-13-14/h1-3,6,11,13H,4-5,7-10H2. The van der Waals surface area contributed by atoms with Crippen molar-refractivity contribution in [3.05, 3.63) is 52.0 Å². The molecule has 4 nitrogen and oxygen atoms in total. The molecule has 1 aliphatic heterocycles. The molecular weight excluding hydrogens is 325 g/mol. The van der Waals surface area contributed by atoms with Gasteiger partial charge in [-0.25, -0.2) is 4.39 Å². The van der Waals surface area contributed by atoms with E-state index in [-0.39, 0.29) is 11.5 Å². The molecule has 6 heteroatoms. The Balaban J connectivity index is 1.57. The lowest BCUT2D eigenvalue weighted by Gasteiger charge is -2.36. The first-order valence-electron chi connectivity index (χ1n) is 7.91. The molecule has 1 aliphatic rings. The summed E-state index contributed by atoms with van der Waals surface area (Å²) in [5.41, 5.74) is 1.89. The molecule has 0 bridgehead atoms. The number of anilines is 1. The highest BCUT2D eigenvalue weighted by Gasteiger charge is 2.23. The van der Waals surface area contributed by atoms with Crippen LogP contribution in [0.25, 0.3) is 0 Å². The molecule has 124 valence electrons. The Morgan fingerprint density at radius 3 is 2.71 bits per heavy atom. The van der Waals surface area contributed by atoms with Crippen LogP contribution in [0.2, 0.25) is 0 Å². The number of hydrogen-bond acceptors (Lipinski definition) is 4. The summed E-state index contributed by atoms with van der Waals surface area (Å²) in [4.78, 5) is 16.1. The Kier molecular flexibility index (Phi) is 5.11. The third kappa shape index (κ3) is 3.57. The van der Waals surface area contributed by atoms with E-state index >= 15 is 0 Å². The fourth-order valence-electron chi connectivity index (χ4n) is 2.93. The van der Waals surface area contributed by atoms with Gasteiger partial charge < -0.3 is 9.80 Å². The van der Waals surface area contributed by atoms with Crippen molar-refractivity contribution in [1.29, 1.82) is 5.26 Å². The zero-order valence-corrected chi connectivity index (χ0v) is 14.1. The Hall–Kier alpha value is -2.39. The number of rotatable bonds is 4. The Morgan fingerprint density at radius 2 is 2.04 bits per heavy atom. The zero-order valence-electron chi connectivity index (χ0n) is 13.2. The van der Waals surface area contributed by atoms with E-state index in [1.165, 1.54) is 11.6 Å². The first-order chi connectivity index (χ1) is 11.7. The first-order valence-corrected chi connectivity index (χ1v) is 8.85. The SMILES string of the molecule is N#Cc1c(F)cccc1N1CCN(C(=O)CCc2ccsc2)CC1. The van der Waals surface area contributed by atoms with Crippen molar-refractivity contribution in [2.45, 2.75) is 12.8 Å². The van der Waals surface area contributed by atoms with E-state index in [0.29, 0.717) is 38.3 Å². The quantitative estimate of drug-likeness (QED) is 0.857. The van der Waals surface area contributed by atoms with Crippen LogP contribution in [-0.2, 0) is 11.2 Å². The number of carbonyl (C=O) groups is 1. The van der Waals surface area contributed by atoms with Gasteiger partial charge in [0.25, 0.3) is 0 Å². The van der Waals surface area contributed by atoms with Gasteiger partial charge in [0.1, 0.15) is 17.4 Å². The van der Waals surface area contributed by atoms with Gasteiger partial charge in [-0.15, -0.1) is 0 Å². The van der Waals surface area contributed by atoms with Crippen LogP contribution in [0.3, 0.4) is 0 Å². The summed E-state index contributed by atoms with van der Waals surface area (Å²) in [6, 6.07) is 8.65. The molecule has 0 spiro atoms. The maximum atomic E-state index is 13.7. The lowest BCUT2D eigenvalue weighted by atomic mass is 10.1. The number of halogens is 1. The number of carbonyl (C=O) groups excluding carboxylic acids is 1. The minimum absolute atomic E-state index is 0.0785. The summed E-state index contributed by atoms with van der Waals surface area (Å²) >= 11 is 1.64. The molecule has 1 fully saturated rings. The van der Waals surface area contributed by atoms with Crippen LogP contribution < -0.4 is 4.90 Å². The molecule has 24 heavy (non-hydrogen) atoms. The fraction of sp³-hybridized carbons (Fsp3) is 0.333. The first kappa shape index (κ1) is 16.5. The number of piperazine rings is 1. The molecule has 2 aromatic rings. The van der Waals surface area contributed by atoms with E-state index < -0.39 is 5.82 Å². The van der Waals surface area contributed by atoms with E-state index in [1.807, 2.05) is 27.3 Å². The molecule has 1 saturated heterocycles. The van der Waals surface area contributed by atoms with E-state index in [2.05, 4.69) is 5.38 Å².